The van der Waals surface area contributed by atoms with Crippen LogP contribution in [0, 0.1) is 17.7 Å². The molecule has 0 aromatic heterocycles. The molecule has 2 aromatic rings. The van der Waals surface area contributed by atoms with Crippen molar-refractivity contribution in [2.45, 2.75) is 50.7 Å². The molecule has 33 heavy (non-hydrogen) atoms. The third-order valence-electron chi connectivity index (χ3n) is 6.11. The summed E-state index contributed by atoms with van der Waals surface area (Å²) >= 11 is 0. The van der Waals surface area contributed by atoms with E-state index in [0.29, 0.717) is 11.8 Å². The van der Waals surface area contributed by atoms with Crippen molar-refractivity contribution < 1.29 is 35.5 Å². The van der Waals surface area contributed by atoms with Gasteiger partial charge in [-0.1, -0.05) is 18.2 Å². The number of benzene rings is 2. The van der Waals surface area contributed by atoms with Crippen molar-refractivity contribution in [2.24, 2.45) is 11.8 Å². The van der Waals surface area contributed by atoms with E-state index in [1.165, 1.54) is 19.1 Å². The van der Waals surface area contributed by atoms with Crippen LogP contribution >= 0.6 is 0 Å². The summed E-state index contributed by atoms with van der Waals surface area (Å²) in [6, 6.07) is 9.59. The Hall–Kier alpha value is -2.13. The molecule has 4 rings (SSSR count). The first-order valence-corrected chi connectivity index (χ1v) is 10.8. The third-order valence-corrected chi connectivity index (χ3v) is 6.11. The second kappa shape index (κ2) is 10.4. The summed E-state index contributed by atoms with van der Waals surface area (Å²) < 4.78 is 95.7. The van der Waals surface area contributed by atoms with E-state index in [2.05, 4.69) is 5.32 Å². The quantitative estimate of drug-likeness (QED) is 0.480. The molecule has 3 unspecified atom stereocenters. The molecule has 2 aromatic carbocycles. The molecule has 0 spiro atoms. The summed E-state index contributed by atoms with van der Waals surface area (Å²) in [5.41, 5.74) is -2.71. The fraction of sp³-hybridized carbons (Fsp3) is 0.500. The molecule has 2 fully saturated rings. The number of hydrogen-bond donors (Lipinski definition) is 1. The molecular weight excluding hydrogens is 451 g/mol. The topological polar surface area (TPSA) is 21.3 Å². The monoisotopic (exact) mass is 477 g/mol. The lowest BCUT2D eigenvalue weighted by atomic mass is 9.80. The van der Waals surface area contributed by atoms with Crippen LogP contribution < -0.4 is 5.32 Å². The van der Waals surface area contributed by atoms with Gasteiger partial charge in [-0.05, 0) is 87.0 Å². The Balaban J connectivity index is 0.000000374. The second-order valence-corrected chi connectivity index (χ2v) is 8.53. The van der Waals surface area contributed by atoms with Crippen molar-refractivity contribution in [3.05, 3.63) is 71.0 Å². The van der Waals surface area contributed by atoms with Gasteiger partial charge in [0.15, 0.2) is 0 Å². The first kappa shape index (κ1) is 25.5. The summed E-state index contributed by atoms with van der Waals surface area (Å²) in [7, 11) is 0. The summed E-state index contributed by atoms with van der Waals surface area (Å²) in [4.78, 5) is 0. The molecule has 1 aliphatic heterocycles. The lowest BCUT2D eigenvalue weighted by molar-refractivity contribution is -0.143. The van der Waals surface area contributed by atoms with E-state index in [4.69, 9.17) is 4.74 Å². The minimum atomic E-state index is -4.84. The fourth-order valence-electron chi connectivity index (χ4n) is 4.38. The van der Waals surface area contributed by atoms with Crippen LogP contribution in [-0.4, -0.2) is 19.2 Å². The van der Waals surface area contributed by atoms with E-state index in [-0.39, 0.29) is 23.6 Å². The smallest absolute Gasteiger partial charge is 0.371 e. The van der Waals surface area contributed by atoms with E-state index in [1.807, 2.05) is 0 Å². The molecule has 2 nitrogen and oxygen atoms in total. The lowest BCUT2D eigenvalue weighted by Gasteiger charge is -2.33. The first-order valence-electron chi connectivity index (χ1n) is 10.8. The van der Waals surface area contributed by atoms with Crippen molar-refractivity contribution in [3.8, 4) is 0 Å². The Kier molecular flexibility index (Phi) is 8.05. The lowest BCUT2D eigenvalue weighted by Crippen LogP contribution is -2.29. The van der Waals surface area contributed by atoms with Crippen LogP contribution in [0.4, 0.5) is 30.7 Å². The van der Waals surface area contributed by atoms with Crippen LogP contribution in [0.1, 0.15) is 49.0 Å². The Bertz CT molecular complexity index is 866. The molecule has 1 aliphatic carbocycles. The van der Waals surface area contributed by atoms with Crippen LogP contribution in [0.15, 0.2) is 48.5 Å². The molecule has 1 saturated carbocycles. The number of alkyl halides is 6. The van der Waals surface area contributed by atoms with Crippen LogP contribution in [0.2, 0.25) is 0 Å². The van der Waals surface area contributed by atoms with Gasteiger partial charge in [-0.25, -0.2) is 4.39 Å². The third kappa shape index (κ3) is 7.17. The highest BCUT2D eigenvalue weighted by Gasteiger charge is 2.38. The van der Waals surface area contributed by atoms with Crippen LogP contribution in [0.5, 0.6) is 0 Å². The van der Waals surface area contributed by atoms with Gasteiger partial charge in [0.05, 0.1) is 23.3 Å². The minimum absolute atomic E-state index is 0.0983. The molecule has 2 aliphatic rings. The van der Waals surface area contributed by atoms with Gasteiger partial charge in [-0.2, -0.15) is 26.3 Å². The van der Waals surface area contributed by atoms with Crippen molar-refractivity contribution in [1.29, 1.82) is 0 Å². The average molecular weight is 477 g/mol. The summed E-state index contributed by atoms with van der Waals surface area (Å²) in [6.45, 7) is 3.37. The SMILES string of the molecule is CC(OC1CC[C@@H]2CNCC2C1)c1cc(C(F)(F)F)cc(C(F)(F)F)c1.Fc1ccccc1. The van der Waals surface area contributed by atoms with Crippen molar-refractivity contribution in [2.75, 3.05) is 13.1 Å². The highest BCUT2D eigenvalue weighted by Crippen LogP contribution is 2.40. The van der Waals surface area contributed by atoms with Gasteiger partial charge in [0, 0.05) is 0 Å². The summed E-state index contributed by atoms with van der Waals surface area (Å²) in [5.74, 6) is 0.881. The Morgan fingerprint density at radius 1 is 0.848 bits per heavy atom. The van der Waals surface area contributed by atoms with Gasteiger partial charge in [0.2, 0.25) is 0 Å². The molecule has 0 amide bonds. The van der Waals surface area contributed by atoms with Gasteiger partial charge in [0.1, 0.15) is 5.82 Å². The highest BCUT2D eigenvalue weighted by atomic mass is 19.4. The van der Waals surface area contributed by atoms with E-state index in [0.717, 1.165) is 44.5 Å². The zero-order valence-corrected chi connectivity index (χ0v) is 18.0. The molecule has 1 N–H and O–H groups in total. The maximum absolute atomic E-state index is 13.0. The molecular formula is C24H26F7NO. The molecule has 0 radical (unpaired) electrons. The average Bonchev–Trinajstić information content (AvgIpc) is 3.21. The van der Waals surface area contributed by atoms with Gasteiger partial charge in [-0.3, -0.25) is 0 Å². The zero-order chi connectivity index (χ0) is 24.2. The van der Waals surface area contributed by atoms with Crippen molar-refractivity contribution in [3.63, 3.8) is 0 Å². The number of ether oxygens (including phenoxy) is 1. The first-order chi connectivity index (χ1) is 15.4. The number of nitrogens with one attached hydrogen (secondary N) is 1. The largest absolute Gasteiger partial charge is 0.416 e. The zero-order valence-electron chi connectivity index (χ0n) is 18.0. The maximum Gasteiger partial charge on any atom is 0.416 e. The molecule has 182 valence electrons. The fourth-order valence-corrected chi connectivity index (χ4v) is 4.38. The second-order valence-electron chi connectivity index (χ2n) is 8.53. The highest BCUT2D eigenvalue weighted by molar-refractivity contribution is 5.34. The molecule has 1 heterocycles. The van der Waals surface area contributed by atoms with E-state index in [1.54, 1.807) is 18.2 Å². The van der Waals surface area contributed by atoms with Crippen LogP contribution in [0.25, 0.3) is 0 Å². The van der Waals surface area contributed by atoms with Gasteiger partial charge < -0.3 is 10.1 Å². The number of halogens is 7. The van der Waals surface area contributed by atoms with Gasteiger partial charge in [-0.15, -0.1) is 0 Å². The predicted molar refractivity (Wildman–Crippen MR) is 110 cm³/mol. The van der Waals surface area contributed by atoms with Crippen LogP contribution in [0.3, 0.4) is 0 Å². The molecule has 0 bridgehead atoms. The standard InChI is InChI=1S/C18H21F6NO.C6H5F/c1-10(26-16-3-2-11-8-25-9-13(11)6-16)12-4-14(17(19,20)21)7-15(5-12)18(22,23)24;7-6-4-2-1-3-5-6/h4-5,7,10-11,13,16,25H,2-3,6,8-9H2,1H3;1-5H/t10?,11-,13?,16?;/m1./s1. The predicted octanol–water partition coefficient (Wildman–Crippen LogP) is 7.02. The summed E-state index contributed by atoms with van der Waals surface area (Å²) in [5, 5.41) is 3.31. The number of rotatable bonds is 3. The number of fused-ring (bicyclic) bond motifs is 1. The molecule has 4 atom stereocenters. The van der Waals surface area contributed by atoms with E-state index in [9.17, 15) is 30.7 Å². The Morgan fingerprint density at radius 2 is 1.42 bits per heavy atom. The minimum Gasteiger partial charge on any atom is -0.371 e. The van der Waals surface area contributed by atoms with E-state index >= 15 is 0 Å². The van der Waals surface area contributed by atoms with Gasteiger partial charge in [0.25, 0.3) is 0 Å². The maximum atomic E-state index is 13.0. The van der Waals surface area contributed by atoms with Crippen molar-refractivity contribution >= 4 is 0 Å². The van der Waals surface area contributed by atoms with Gasteiger partial charge >= 0.3 is 12.4 Å². The number of hydrogen-bond acceptors (Lipinski definition) is 2. The van der Waals surface area contributed by atoms with E-state index < -0.39 is 29.6 Å². The van der Waals surface area contributed by atoms with Crippen LogP contribution in [-0.2, 0) is 17.1 Å². The normalized spacial score (nSPS) is 23.9. The summed E-state index contributed by atoms with van der Waals surface area (Å²) in [6.07, 6.45) is -8.15. The Morgan fingerprint density at radius 3 is 1.94 bits per heavy atom. The van der Waals surface area contributed by atoms with Crippen molar-refractivity contribution in [1.82, 2.24) is 5.32 Å². The molecule has 1 saturated heterocycles. The Labute approximate surface area is 188 Å². The molecule has 9 heteroatoms.